The Kier molecular flexibility index (Phi) is 7.49. The Morgan fingerprint density at radius 3 is 2.81 bits per heavy atom. The number of rotatable bonds is 1. The molecule has 0 aromatic heterocycles. The molecular weight excluding hydrogens is 278 g/mol. The van der Waals surface area contributed by atoms with Gasteiger partial charge in [-0.2, -0.15) is 0 Å². The first-order valence-corrected chi connectivity index (χ1v) is 7.36. The number of methoxy groups -OCH3 is 1. The molecule has 0 spiro atoms. The second kappa shape index (κ2) is 8.61. The fourth-order valence-corrected chi connectivity index (χ4v) is 2.37. The van der Waals surface area contributed by atoms with Crippen molar-refractivity contribution in [2.75, 3.05) is 20.3 Å². The van der Waals surface area contributed by atoms with Crippen molar-refractivity contribution in [3.05, 3.63) is 23.8 Å². The molecule has 0 bridgehead atoms. The van der Waals surface area contributed by atoms with Crippen LogP contribution in [0.1, 0.15) is 33.1 Å². The molecule has 0 aromatic carbocycles. The summed E-state index contributed by atoms with van der Waals surface area (Å²) in [5.74, 6) is -2.89. The van der Waals surface area contributed by atoms with E-state index in [-0.39, 0.29) is 18.8 Å². The lowest BCUT2D eigenvalue weighted by Gasteiger charge is -2.24. The molecule has 0 saturated heterocycles. The Bertz CT molecular complexity index is 367. The third-order valence-electron chi connectivity index (χ3n) is 3.60. The second-order valence-corrected chi connectivity index (χ2v) is 5.71. The first kappa shape index (κ1) is 18.3. The minimum Gasteiger partial charge on any atom is -0.389 e. The maximum Gasteiger partial charge on any atom is 0.251 e. The van der Waals surface area contributed by atoms with E-state index in [1.807, 2.05) is 19.9 Å². The molecule has 1 aliphatic rings. The standard InChI is InChI=1S/C16H26F2O3/c1-12-10-13(2)15(19)14(20-3)6-4-7-16(17,18)8-5-9-21-11-12/h4,6,10,13-15,19H,5,7-9,11H2,1-3H3. The predicted octanol–water partition coefficient (Wildman–Crippen LogP) is 3.34. The Morgan fingerprint density at radius 2 is 2.14 bits per heavy atom. The molecule has 0 amide bonds. The van der Waals surface area contributed by atoms with Crippen LogP contribution in [0.3, 0.4) is 0 Å². The fourth-order valence-electron chi connectivity index (χ4n) is 2.37. The predicted molar refractivity (Wildman–Crippen MR) is 78.5 cm³/mol. The van der Waals surface area contributed by atoms with Gasteiger partial charge < -0.3 is 14.6 Å². The van der Waals surface area contributed by atoms with Crippen molar-refractivity contribution in [3.63, 3.8) is 0 Å². The minimum absolute atomic E-state index is 0.147. The highest BCUT2D eigenvalue weighted by Crippen LogP contribution is 2.26. The van der Waals surface area contributed by atoms with Gasteiger partial charge in [0.25, 0.3) is 5.92 Å². The lowest BCUT2D eigenvalue weighted by atomic mass is 9.96. The summed E-state index contributed by atoms with van der Waals surface area (Å²) < 4.78 is 37.9. The highest BCUT2D eigenvalue weighted by atomic mass is 19.3. The molecule has 0 aliphatic carbocycles. The van der Waals surface area contributed by atoms with E-state index in [0.29, 0.717) is 19.6 Å². The summed E-state index contributed by atoms with van der Waals surface area (Å²) in [5, 5.41) is 10.2. The number of aliphatic hydroxyl groups excluding tert-OH is 1. The van der Waals surface area contributed by atoms with Gasteiger partial charge in [-0.3, -0.25) is 0 Å². The van der Waals surface area contributed by atoms with Crippen LogP contribution in [0, 0.1) is 5.92 Å². The summed E-state index contributed by atoms with van der Waals surface area (Å²) in [5.41, 5.74) is 0.976. The van der Waals surface area contributed by atoms with Crippen molar-refractivity contribution in [2.45, 2.75) is 51.2 Å². The average molecular weight is 304 g/mol. The third-order valence-corrected chi connectivity index (χ3v) is 3.60. The largest absolute Gasteiger partial charge is 0.389 e. The van der Waals surface area contributed by atoms with Crippen molar-refractivity contribution in [3.8, 4) is 0 Å². The van der Waals surface area contributed by atoms with Crippen LogP contribution in [0.2, 0.25) is 0 Å². The van der Waals surface area contributed by atoms with Gasteiger partial charge in [0.05, 0.1) is 12.7 Å². The normalized spacial score (nSPS) is 32.3. The molecule has 1 N–H and O–H groups in total. The van der Waals surface area contributed by atoms with E-state index in [1.165, 1.54) is 19.3 Å². The molecule has 0 radical (unpaired) electrons. The van der Waals surface area contributed by atoms with Crippen LogP contribution in [-0.4, -0.2) is 43.6 Å². The minimum atomic E-state index is -2.75. The van der Waals surface area contributed by atoms with E-state index in [0.717, 1.165) is 5.57 Å². The van der Waals surface area contributed by atoms with E-state index >= 15 is 0 Å². The van der Waals surface area contributed by atoms with Crippen molar-refractivity contribution in [1.29, 1.82) is 0 Å². The third kappa shape index (κ3) is 6.68. The average Bonchev–Trinajstić information content (AvgIpc) is 2.41. The fraction of sp³-hybridized carbons (Fsp3) is 0.750. The van der Waals surface area contributed by atoms with Crippen molar-refractivity contribution >= 4 is 0 Å². The van der Waals surface area contributed by atoms with Crippen LogP contribution in [0.4, 0.5) is 8.78 Å². The Morgan fingerprint density at radius 1 is 1.43 bits per heavy atom. The maximum absolute atomic E-state index is 13.6. The monoisotopic (exact) mass is 304 g/mol. The Balaban J connectivity index is 2.85. The van der Waals surface area contributed by atoms with Crippen LogP contribution in [0.15, 0.2) is 23.8 Å². The molecule has 0 fully saturated rings. The highest BCUT2D eigenvalue weighted by Gasteiger charge is 2.27. The van der Waals surface area contributed by atoms with E-state index < -0.39 is 18.1 Å². The topological polar surface area (TPSA) is 38.7 Å². The summed E-state index contributed by atoms with van der Waals surface area (Å²) in [7, 11) is 1.46. The zero-order valence-corrected chi connectivity index (χ0v) is 13.0. The summed E-state index contributed by atoms with van der Waals surface area (Å²) in [6, 6.07) is 0. The summed E-state index contributed by atoms with van der Waals surface area (Å²) in [6.07, 6.45) is 3.28. The quantitative estimate of drug-likeness (QED) is 0.755. The lowest BCUT2D eigenvalue weighted by molar-refractivity contribution is -0.0163. The van der Waals surface area contributed by atoms with Gasteiger partial charge in [-0.05, 0) is 13.3 Å². The molecule has 0 aromatic rings. The number of ether oxygens (including phenoxy) is 2. The summed E-state index contributed by atoms with van der Waals surface area (Å²) in [6.45, 7) is 4.49. The van der Waals surface area contributed by atoms with Crippen molar-refractivity contribution in [2.24, 2.45) is 5.92 Å². The highest BCUT2D eigenvalue weighted by molar-refractivity contribution is 5.06. The summed E-state index contributed by atoms with van der Waals surface area (Å²) >= 11 is 0. The molecule has 1 rings (SSSR count). The van der Waals surface area contributed by atoms with Crippen LogP contribution < -0.4 is 0 Å². The zero-order valence-electron chi connectivity index (χ0n) is 13.0. The molecule has 0 saturated carbocycles. The zero-order chi connectivity index (χ0) is 15.9. The SMILES string of the molecule is COC1C=CCC(F)(F)CCCOCC(C)=CC(C)C1O. The van der Waals surface area contributed by atoms with Gasteiger partial charge in [0.15, 0.2) is 0 Å². The van der Waals surface area contributed by atoms with Gasteiger partial charge in [-0.25, -0.2) is 8.78 Å². The van der Waals surface area contributed by atoms with Gasteiger partial charge in [0, 0.05) is 32.5 Å². The van der Waals surface area contributed by atoms with Gasteiger partial charge >= 0.3 is 0 Å². The number of hydrogen-bond donors (Lipinski definition) is 1. The second-order valence-electron chi connectivity index (χ2n) is 5.71. The number of hydrogen-bond acceptors (Lipinski definition) is 3. The molecular formula is C16H26F2O3. The number of halogens is 2. The number of alkyl halides is 2. The molecule has 3 unspecified atom stereocenters. The first-order valence-electron chi connectivity index (χ1n) is 7.36. The van der Waals surface area contributed by atoms with Gasteiger partial charge in [0.1, 0.15) is 6.10 Å². The molecule has 5 heteroatoms. The number of allylic oxidation sites excluding steroid dienone is 1. The maximum atomic E-state index is 13.6. The van der Waals surface area contributed by atoms with Gasteiger partial charge in [0.2, 0.25) is 0 Å². The van der Waals surface area contributed by atoms with Crippen LogP contribution >= 0.6 is 0 Å². The van der Waals surface area contributed by atoms with E-state index in [1.54, 1.807) is 0 Å². The van der Waals surface area contributed by atoms with Crippen LogP contribution in [0.5, 0.6) is 0 Å². The number of aliphatic hydroxyl groups is 1. The smallest absolute Gasteiger partial charge is 0.251 e. The van der Waals surface area contributed by atoms with Gasteiger partial charge in [-0.1, -0.05) is 30.7 Å². The molecule has 3 nitrogen and oxygen atoms in total. The summed E-state index contributed by atoms with van der Waals surface area (Å²) in [4.78, 5) is 0. The lowest BCUT2D eigenvalue weighted by Crippen LogP contribution is -2.32. The van der Waals surface area contributed by atoms with E-state index in [4.69, 9.17) is 9.47 Å². The molecule has 1 aliphatic heterocycles. The van der Waals surface area contributed by atoms with E-state index in [9.17, 15) is 13.9 Å². The molecule has 21 heavy (non-hydrogen) atoms. The Hall–Kier alpha value is -0.780. The Labute approximate surface area is 125 Å². The van der Waals surface area contributed by atoms with Crippen LogP contribution in [0.25, 0.3) is 0 Å². The molecule has 3 atom stereocenters. The van der Waals surface area contributed by atoms with Gasteiger partial charge in [-0.15, -0.1) is 0 Å². The van der Waals surface area contributed by atoms with E-state index in [2.05, 4.69) is 0 Å². The van der Waals surface area contributed by atoms with Crippen molar-refractivity contribution < 1.29 is 23.4 Å². The molecule has 1 heterocycles. The van der Waals surface area contributed by atoms with Crippen molar-refractivity contribution in [1.82, 2.24) is 0 Å². The van der Waals surface area contributed by atoms with Crippen LogP contribution in [-0.2, 0) is 9.47 Å². The first-order chi connectivity index (χ1) is 9.85. The molecule has 122 valence electrons.